The van der Waals surface area contributed by atoms with E-state index in [4.69, 9.17) is 21.1 Å². The van der Waals surface area contributed by atoms with Gasteiger partial charge in [0.15, 0.2) is 11.5 Å². The Morgan fingerprint density at radius 2 is 2.11 bits per heavy atom. The molecule has 4 aliphatic carbocycles. The van der Waals surface area contributed by atoms with E-state index in [0.717, 1.165) is 44.2 Å². The molecule has 2 N–H and O–H groups in total. The standard InChI is InChI=1S/C30H33ClN2O4/c1-33-14-13-29-25-19-7-9-22(34)26(25)37-27(29)30(36-2)12-11-28(29,23(33)15-19)16-20(30)17-32-24(35)10-8-18-5-3-4-6-21(18)31/h3-10,20,23,27,34H,11-17H2,1-2H3,(H,32,35)/b10-8+/t20-,23-,27-,28-,29+,30-/m1/s1. The molecule has 0 radical (unpaired) electrons. The third-order valence-electron chi connectivity index (χ3n) is 10.6. The van der Waals surface area contributed by atoms with Gasteiger partial charge in [-0.15, -0.1) is 0 Å². The van der Waals surface area contributed by atoms with Crippen molar-refractivity contribution in [1.82, 2.24) is 10.2 Å². The lowest BCUT2D eigenvalue weighted by Crippen LogP contribution is -2.81. The molecule has 4 bridgehead atoms. The van der Waals surface area contributed by atoms with Crippen LogP contribution in [0.4, 0.5) is 0 Å². The number of carbonyl (C=O) groups is 1. The number of ether oxygens (including phenoxy) is 2. The maximum absolute atomic E-state index is 12.9. The van der Waals surface area contributed by atoms with Crippen LogP contribution in [0.2, 0.25) is 5.02 Å². The number of likely N-dealkylation sites (N-methyl/N-ethyl adjacent to an activating group) is 1. The summed E-state index contributed by atoms with van der Waals surface area (Å²) in [4.78, 5) is 15.4. The largest absolute Gasteiger partial charge is 0.504 e. The number of piperidine rings is 1. The number of halogens is 1. The highest BCUT2D eigenvalue weighted by molar-refractivity contribution is 6.32. The smallest absolute Gasteiger partial charge is 0.244 e. The third kappa shape index (κ3) is 2.87. The summed E-state index contributed by atoms with van der Waals surface area (Å²) in [6, 6.07) is 11.8. The summed E-state index contributed by atoms with van der Waals surface area (Å²) in [5, 5.41) is 14.7. The maximum Gasteiger partial charge on any atom is 0.244 e. The Morgan fingerprint density at radius 3 is 2.92 bits per heavy atom. The summed E-state index contributed by atoms with van der Waals surface area (Å²) >= 11 is 6.25. The number of nitrogens with zero attached hydrogens (tertiary/aromatic N) is 1. The van der Waals surface area contributed by atoms with E-state index in [1.165, 1.54) is 11.1 Å². The molecule has 0 unspecified atom stereocenters. The molecule has 6 aliphatic rings. The molecule has 2 aromatic carbocycles. The topological polar surface area (TPSA) is 71.0 Å². The molecule has 2 aliphatic heterocycles. The maximum atomic E-state index is 12.9. The first-order valence-electron chi connectivity index (χ1n) is 13.3. The van der Waals surface area contributed by atoms with E-state index in [1.54, 1.807) is 25.3 Å². The minimum atomic E-state index is -0.526. The highest BCUT2D eigenvalue weighted by Gasteiger charge is 2.80. The second-order valence-corrected chi connectivity index (χ2v) is 12.1. The summed E-state index contributed by atoms with van der Waals surface area (Å²) in [5.41, 5.74) is 2.71. The minimum absolute atomic E-state index is 0.0276. The van der Waals surface area contributed by atoms with Gasteiger partial charge in [0.1, 0.15) is 11.7 Å². The van der Waals surface area contributed by atoms with Crippen LogP contribution in [-0.2, 0) is 21.4 Å². The molecule has 1 saturated heterocycles. The van der Waals surface area contributed by atoms with Crippen LogP contribution in [0, 0.1) is 11.3 Å². The van der Waals surface area contributed by atoms with Crippen LogP contribution < -0.4 is 10.1 Å². The van der Waals surface area contributed by atoms with Crippen LogP contribution in [0.25, 0.3) is 6.08 Å². The van der Waals surface area contributed by atoms with Gasteiger partial charge in [0, 0.05) is 53.1 Å². The van der Waals surface area contributed by atoms with Gasteiger partial charge < -0.3 is 24.8 Å². The van der Waals surface area contributed by atoms with Crippen molar-refractivity contribution in [3.05, 3.63) is 64.2 Å². The number of amides is 1. The molecular formula is C30H33ClN2O4. The van der Waals surface area contributed by atoms with Crippen LogP contribution >= 0.6 is 11.6 Å². The zero-order valence-electron chi connectivity index (χ0n) is 21.3. The molecule has 2 spiro atoms. The predicted octanol–water partition coefficient (Wildman–Crippen LogP) is 4.32. The monoisotopic (exact) mass is 520 g/mol. The number of nitrogens with one attached hydrogen (secondary N) is 1. The van der Waals surface area contributed by atoms with Crippen LogP contribution in [0.3, 0.4) is 0 Å². The zero-order chi connectivity index (χ0) is 25.6. The fraction of sp³-hybridized carbons (Fsp3) is 0.500. The van der Waals surface area contributed by atoms with Gasteiger partial charge in [-0.1, -0.05) is 35.9 Å². The van der Waals surface area contributed by atoms with E-state index in [2.05, 4.69) is 23.3 Å². The number of fused-ring (bicyclic) bond motifs is 2. The predicted molar refractivity (Wildman–Crippen MR) is 142 cm³/mol. The molecule has 4 fully saturated rings. The minimum Gasteiger partial charge on any atom is -0.504 e. The lowest BCUT2D eigenvalue weighted by molar-refractivity contribution is -0.274. The molecular weight excluding hydrogens is 488 g/mol. The van der Waals surface area contributed by atoms with Crippen molar-refractivity contribution in [3.8, 4) is 11.5 Å². The second-order valence-electron chi connectivity index (χ2n) is 11.7. The van der Waals surface area contributed by atoms with Crippen molar-refractivity contribution in [2.24, 2.45) is 11.3 Å². The van der Waals surface area contributed by atoms with Crippen molar-refractivity contribution in [2.75, 3.05) is 27.2 Å². The summed E-state index contributed by atoms with van der Waals surface area (Å²) in [6.07, 6.45) is 8.03. The van der Waals surface area contributed by atoms with E-state index < -0.39 is 5.60 Å². The number of carbonyl (C=O) groups excluding carboxylic acids is 1. The number of hydrogen-bond acceptors (Lipinski definition) is 5. The van der Waals surface area contributed by atoms with Gasteiger partial charge in [0.25, 0.3) is 0 Å². The highest BCUT2D eigenvalue weighted by Crippen LogP contribution is 2.76. The van der Waals surface area contributed by atoms with Gasteiger partial charge in [-0.05, 0) is 75.0 Å². The van der Waals surface area contributed by atoms with E-state index in [1.807, 2.05) is 24.3 Å². The van der Waals surface area contributed by atoms with Gasteiger partial charge in [0.2, 0.25) is 5.91 Å². The summed E-state index contributed by atoms with van der Waals surface area (Å²) in [7, 11) is 4.05. The molecule has 0 aromatic heterocycles. The van der Waals surface area contributed by atoms with Gasteiger partial charge in [0.05, 0.1) is 0 Å². The molecule has 8 rings (SSSR count). The number of hydrogen-bond donors (Lipinski definition) is 2. The van der Waals surface area contributed by atoms with E-state index in [9.17, 15) is 9.90 Å². The third-order valence-corrected chi connectivity index (χ3v) is 11.0. The Kier molecular flexibility index (Phi) is 5.08. The quantitative estimate of drug-likeness (QED) is 0.575. The Balaban J connectivity index is 1.24. The molecule has 6 atom stereocenters. The summed E-state index contributed by atoms with van der Waals surface area (Å²) in [6.45, 7) is 1.53. The van der Waals surface area contributed by atoms with Crippen molar-refractivity contribution in [3.63, 3.8) is 0 Å². The molecule has 2 aromatic rings. The van der Waals surface area contributed by atoms with Crippen molar-refractivity contribution < 1.29 is 19.4 Å². The number of aromatic hydroxyl groups is 1. The fourth-order valence-corrected chi connectivity index (χ4v) is 9.33. The second kappa shape index (κ2) is 7.98. The number of rotatable bonds is 5. The SMILES string of the molecule is CO[C@]12CC[C@@]3(C[C@@H]1CNC(=O)/C=C/c1ccccc1Cl)[C@H]1Cc4ccc(O)c5c4[C@@]3(CCN1C)[C@H]2O5. The van der Waals surface area contributed by atoms with Crippen molar-refractivity contribution >= 4 is 23.6 Å². The molecule has 1 amide bonds. The van der Waals surface area contributed by atoms with E-state index in [-0.39, 0.29) is 34.5 Å². The fourth-order valence-electron chi connectivity index (χ4n) is 9.13. The van der Waals surface area contributed by atoms with Gasteiger partial charge in [-0.25, -0.2) is 0 Å². The van der Waals surface area contributed by atoms with Crippen LogP contribution in [-0.4, -0.2) is 60.9 Å². The average Bonchev–Trinajstić information content (AvgIpc) is 3.28. The van der Waals surface area contributed by atoms with Gasteiger partial charge >= 0.3 is 0 Å². The molecule has 37 heavy (non-hydrogen) atoms. The molecule has 3 saturated carbocycles. The molecule has 6 nitrogen and oxygen atoms in total. The lowest BCUT2D eigenvalue weighted by Gasteiger charge is -2.73. The first kappa shape index (κ1) is 23.6. The number of methoxy groups -OCH3 is 1. The van der Waals surface area contributed by atoms with Gasteiger partial charge in [-0.2, -0.15) is 0 Å². The van der Waals surface area contributed by atoms with Crippen molar-refractivity contribution in [2.45, 2.75) is 55.3 Å². The Morgan fingerprint density at radius 1 is 1.27 bits per heavy atom. The average molecular weight is 521 g/mol. The molecule has 2 heterocycles. The number of benzene rings is 2. The number of likely N-dealkylation sites (tertiary alicyclic amines) is 1. The zero-order valence-corrected chi connectivity index (χ0v) is 22.1. The van der Waals surface area contributed by atoms with Crippen LogP contribution in [0.1, 0.15) is 42.4 Å². The Bertz CT molecular complexity index is 1330. The summed E-state index contributed by atoms with van der Waals surface area (Å²) in [5.74, 6) is 0.867. The Labute approximate surface area is 222 Å². The summed E-state index contributed by atoms with van der Waals surface area (Å²) < 4.78 is 13.2. The van der Waals surface area contributed by atoms with E-state index >= 15 is 0 Å². The normalized spacial score (nSPS) is 36.9. The number of phenols is 1. The lowest BCUT2D eigenvalue weighted by atomic mass is 9.35. The first-order valence-corrected chi connectivity index (χ1v) is 13.7. The van der Waals surface area contributed by atoms with Crippen LogP contribution in [0.15, 0.2) is 42.5 Å². The van der Waals surface area contributed by atoms with Crippen LogP contribution in [0.5, 0.6) is 11.5 Å². The highest BCUT2D eigenvalue weighted by atomic mass is 35.5. The first-order chi connectivity index (χ1) is 17.9. The Hall–Kier alpha value is -2.54. The van der Waals surface area contributed by atoms with Gasteiger partial charge in [-0.3, -0.25) is 4.79 Å². The van der Waals surface area contributed by atoms with Crippen molar-refractivity contribution in [1.29, 1.82) is 0 Å². The molecule has 194 valence electrons. The van der Waals surface area contributed by atoms with E-state index in [0.29, 0.717) is 23.4 Å². The number of phenolic OH excluding ortho intramolecular Hbond substituents is 1. The molecule has 7 heteroatoms.